The maximum Gasteiger partial charge on any atom is 0.275 e. The van der Waals surface area contributed by atoms with Gasteiger partial charge in [0.1, 0.15) is 0 Å². The Morgan fingerprint density at radius 2 is 1.81 bits per heavy atom. The lowest BCUT2D eigenvalue weighted by atomic mass is 10.2. The number of quaternary nitrogens is 1. The fraction of sp³-hybridized carbons (Fsp3) is 0.529. The molecule has 26 heavy (non-hydrogen) atoms. The molecule has 0 unspecified atom stereocenters. The number of hydrogen-bond acceptors (Lipinski definition) is 4. The van der Waals surface area contributed by atoms with E-state index in [0.717, 1.165) is 16.0 Å². The Morgan fingerprint density at radius 3 is 2.38 bits per heavy atom. The van der Waals surface area contributed by atoms with Gasteiger partial charge in [0.2, 0.25) is 15.9 Å². The molecule has 0 spiro atoms. The van der Waals surface area contributed by atoms with E-state index in [2.05, 4.69) is 10.6 Å². The van der Waals surface area contributed by atoms with Crippen molar-refractivity contribution in [2.75, 3.05) is 46.3 Å². The van der Waals surface area contributed by atoms with Crippen LogP contribution in [0.4, 0.5) is 0 Å². The monoisotopic (exact) mass is 383 g/mol. The standard InChI is InChI=1S/C17H26N4O4S/c1-13-4-5-15(14(2)10-13)26(24,25)21-8-6-20(7-9-21)12-17(23)19-11-16(22)18-3/h4-5,10H,6-9,11-12H2,1-3H3,(H,18,22)(H,19,23)/p+1. The Bertz CT molecular complexity index is 771. The molecule has 0 aliphatic carbocycles. The zero-order valence-corrected chi connectivity index (χ0v) is 16.3. The second-order valence-electron chi connectivity index (χ2n) is 6.55. The van der Waals surface area contributed by atoms with Crippen LogP contribution >= 0.6 is 0 Å². The van der Waals surface area contributed by atoms with E-state index in [9.17, 15) is 18.0 Å². The molecule has 144 valence electrons. The zero-order valence-electron chi connectivity index (χ0n) is 15.5. The zero-order chi connectivity index (χ0) is 19.3. The highest BCUT2D eigenvalue weighted by Gasteiger charge is 2.31. The second kappa shape index (κ2) is 8.61. The average molecular weight is 383 g/mol. The minimum Gasteiger partial charge on any atom is -0.358 e. The van der Waals surface area contributed by atoms with E-state index in [-0.39, 0.29) is 24.9 Å². The minimum atomic E-state index is -3.52. The molecule has 1 aliphatic heterocycles. The third-order valence-electron chi connectivity index (χ3n) is 4.51. The van der Waals surface area contributed by atoms with Gasteiger partial charge in [0.25, 0.3) is 5.91 Å². The van der Waals surface area contributed by atoms with E-state index < -0.39 is 10.0 Å². The molecule has 3 N–H and O–H groups in total. The van der Waals surface area contributed by atoms with Crippen LogP contribution in [0.15, 0.2) is 23.1 Å². The Labute approximate surface area is 154 Å². The van der Waals surface area contributed by atoms with Crippen molar-refractivity contribution in [2.45, 2.75) is 18.7 Å². The number of piperazine rings is 1. The van der Waals surface area contributed by atoms with Crippen molar-refractivity contribution in [1.29, 1.82) is 0 Å². The van der Waals surface area contributed by atoms with Crippen LogP contribution in [0.1, 0.15) is 11.1 Å². The number of amides is 2. The van der Waals surface area contributed by atoms with Gasteiger partial charge in [-0.2, -0.15) is 4.31 Å². The molecule has 0 radical (unpaired) electrons. The second-order valence-corrected chi connectivity index (χ2v) is 8.46. The van der Waals surface area contributed by atoms with Crippen molar-refractivity contribution in [3.05, 3.63) is 29.3 Å². The summed E-state index contributed by atoms with van der Waals surface area (Å²) in [5, 5.41) is 4.99. The predicted molar refractivity (Wildman–Crippen MR) is 97.3 cm³/mol. The number of hydrogen-bond donors (Lipinski definition) is 3. The van der Waals surface area contributed by atoms with E-state index in [4.69, 9.17) is 0 Å². The number of aryl methyl sites for hydroxylation is 2. The lowest BCUT2D eigenvalue weighted by Crippen LogP contribution is -3.15. The Morgan fingerprint density at radius 1 is 1.15 bits per heavy atom. The van der Waals surface area contributed by atoms with Gasteiger partial charge in [-0.3, -0.25) is 9.59 Å². The van der Waals surface area contributed by atoms with Gasteiger partial charge in [0, 0.05) is 7.05 Å². The minimum absolute atomic E-state index is 0.0458. The smallest absolute Gasteiger partial charge is 0.275 e. The van der Waals surface area contributed by atoms with E-state index in [1.54, 1.807) is 19.1 Å². The normalized spacial score (nSPS) is 16.3. The third-order valence-corrected chi connectivity index (χ3v) is 6.57. The first kappa shape index (κ1) is 20.3. The summed E-state index contributed by atoms with van der Waals surface area (Å²) in [5.41, 5.74) is 1.77. The molecule has 2 rings (SSSR count). The van der Waals surface area contributed by atoms with Crippen molar-refractivity contribution in [3.63, 3.8) is 0 Å². The van der Waals surface area contributed by atoms with Crippen LogP contribution in [0.25, 0.3) is 0 Å². The number of sulfonamides is 1. The summed E-state index contributed by atoms with van der Waals surface area (Å²) in [6, 6.07) is 5.33. The van der Waals surface area contributed by atoms with Gasteiger partial charge in [-0.05, 0) is 25.5 Å². The van der Waals surface area contributed by atoms with Gasteiger partial charge in [-0.1, -0.05) is 17.7 Å². The van der Waals surface area contributed by atoms with Crippen LogP contribution in [0.5, 0.6) is 0 Å². The van der Waals surface area contributed by atoms with Gasteiger partial charge in [-0.15, -0.1) is 0 Å². The molecule has 1 fully saturated rings. The number of nitrogens with one attached hydrogen (secondary N) is 3. The first-order valence-corrected chi connectivity index (χ1v) is 10.1. The SMILES string of the molecule is CNC(=O)CNC(=O)C[NH+]1CCN(S(=O)(=O)c2ccc(C)cc2C)CC1. The lowest BCUT2D eigenvalue weighted by Gasteiger charge is -2.31. The van der Waals surface area contributed by atoms with Crippen LogP contribution in [0.2, 0.25) is 0 Å². The summed E-state index contributed by atoms with van der Waals surface area (Å²) in [7, 11) is -2.01. The summed E-state index contributed by atoms with van der Waals surface area (Å²) in [4.78, 5) is 24.4. The number of carbonyl (C=O) groups excluding carboxylic acids is 2. The first-order valence-electron chi connectivity index (χ1n) is 8.62. The molecule has 9 heteroatoms. The fourth-order valence-corrected chi connectivity index (χ4v) is 4.65. The van der Waals surface area contributed by atoms with Crippen molar-refractivity contribution in [2.24, 2.45) is 0 Å². The summed E-state index contributed by atoms with van der Waals surface area (Å²) < 4.78 is 27.2. The molecule has 1 heterocycles. The number of benzene rings is 1. The van der Waals surface area contributed by atoms with Gasteiger partial charge >= 0.3 is 0 Å². The Hall–Kier alpha value is -1.97. The molecule has 8 nitrogen and oxygen atoms in total. The van der Waals surface area contributed by atoms with Gasteiger partial charge in [-0.25, -0.2) is 8.42 Å². The van der Waals surface area contributed by atoms with E-state index >= 15 is 0 Å². The molecule has 0 saturated carbocycles. The molecule has 0 bridgehead atoms. The highest BCUT2D eigenvalue weighted by Crippen LogP contribution is 2.20. The highest BCUT2D eigenvalue weighted by atomic mass is 32.2. The summed E-state index contributed by atoms with van der Waals surface area (Å²) >= 11 is 0. The third kappa shape index (κ3) is 5.03. The number of likely N-dealkylation sites (N-methyl/N-ethyl adjacent to an activating group) is 1. The Balaban J connectivity index is 1.91. The number of nitrogens with zero attached hydrogens (tertiary/aromatic N) is 1. The van der Waals surface area contributed by atoms with Gasteiger partial charge in [0.05, 0.1) is 37.6 Å². The maximum absolute atomic E-state index is 12.9. The first-order chi connectivity index (χ1) is 12.2. The van der Waals surface area contributed by atoms with Crippen molar-refractivity contribution in [1.82, 2.24) is 14.9 Å². The van der Waals surface area contributed by atoms with Crippen LogP contribution < -0.4 is 15.5 Å². The quantitative estimate of drug-likeness (QED) is 0.532. The predicted octanol–water partition coefficient (Wildman–Crippen LogP) is -1.95. The maximum atomic E-state index is 12.9. The number of rotatable bonds is 6. The highest BCUT2D eigenvalue weighted by molar-refractivity contribution is 7.89. The van der Waals surface area contributed by atoms with Crippen LogP contribution in [-0.4, -0.2) is 70.9 Å². The largest absolute Gasteiger partial charge is 0.358 e. The van der Waals surface area contributed by atoms with Crippen molar-refractivity contribution >= 4 is 21.8 Å². The summed E-state index contributed by atoms with van der Waals surface area (Å²) in [6.07, 6.45) is 0. The molecule has 0 aromatic heterocycles. The fourth-order valence-electron chi connectivity index (χ4n) is 3.00. The molecule has 1 aromatic carbocycles. The molecular weight excluding hydrogens is 356 g/mol. The number of carbonyl (C=O) groups is 2. The Kier molecular flexibility index (Phi) is 6.74. The van der Waals surface area contributed by atoms with Crippen LogP contribution in [-0.2, 0) is 19.6 Å². The average Bonchev–Trinajstić information content (AvgIpc) is 2.59. The lowest BCUT2D eigenvalue weighted by molar-refractivity contribution is -0.895. The van der Waals surface area contributed by atoms with E-state index in [1.165, 1.54) is 11.4 Å². The van der Waals surface area contributed by atoms with Crippen molar-refractivity contribution in [3.8, 4) is 0 Å². The van der Waals surface area contributed by atoms with E-state index in [1.807, 2.05) is 13.0 Å². The molecular formula is C17H27N4O4S+. The molecule has 1 aliphatic rings. The topological polar surface area (TPSA) is 100 Å². The van der Waals surface area contributed by atoms with Gasteiger partial charge in [0.15, 0.2) is 6.54 Å². The van der Waals surface area contributed by atoms with Gasteiger partial charge < -0.3 is 15.5 Å². The van der Waals surface area contributed by atoms with E-state index in [0.29, 0.717) is 31.1 Å². The molecule has 1 saturated heterocycles. The molecule has 2 amide bonds. The van der Waals surface area contributed by atoms with Crippen LogP contribution in [0.3, 0.4) is 0 Å². The van der Waals surface area contributed by atoms with Crippen LogP contribution in [0, 0.1) is 13.8 Å². The summed E-state index contributed by atoms with van der Waals surface area (Å²) in [5.74, 6) is -0.466. The van der Waals surface area contributed by atoms with Crippen molar-refractivity contribution < 1.29 is 22.9 Å². The molecule has 0 atom stereocenters. The molecule has 1 aromatic rings. The summed E-state index contributed by atoms with van der Waals surface area (Å²) in [6.45, 7) is 5.76.